The number of halogens is 4. The number of carbonyl (C=O) groups excluding carboxylic acids is 1. The highest BCUT2D eigenvalue weighted by atomic mass is 19.3. The summed E-state index contributed by atoms with van der Waals surface area (Å²) in [6.07, 6.45) is 0.117. The lowest BCUT2D eigenvalue weighted by Gasteiger charge is -2.19. The highest BCUT2D eigenvalue weighted by Crippen LogP contribution is 2.38. The van der Waals surface area contributed by atoms with Crippen molar-refractivity contribution in [2.24, 2.45) is 0 Å². The monoisotopic (exact) mass is 458 g/mol. The molecule has 0 saturated carbocycles. The molecule has 7 nitrogen and oxygen atoms in total. The number of rotatable bonds is 9. The molecule has 2 aromatic rings. The van der Waals surface area contributed by atoms with Crippen LogP contribution in [0.4, 0.5) is 23.2 Å². The summed E-state index contributed by atoms with van der Waals surface area (Å²) in [5, 5.41) is 0. The van der Waals surface area contributed by atoms with Crippen molar-refractivity contribution >= 4 is 11.6 Å². The van der Waals surface area contributed by atoms with Crippen LogP contribution >= 0.6 is 0 Å². The summed E-state index contributed by atoms with van der Waals surface area (Å²) < 4.78 is 69.5. The Balaban J connectivity index is 1.79. The van der Waals surface area contributed by atoms with E-state index in [1.807, 2.05) is 0 Å². The van der Waals surface area contributed by atoms with Crippen LogP contribution in [0.5, 0.6) is 23.0 Å². The molecule has 0 aromatic heterocycles. The molecular formula is C21H22F4N2O5. The van der Waals surface area contributed by atoms with Gasteiger partial charge in [-0.1, -0.05) is 6.07 Å². The van der Waals surface area contributed by atoms with E-state index in [2.05, 4.69) is 9.47 Å². The normalized spacial score (nSPS) is 16.1. The largest absolute Gasteiger partial charge is 0.494 e. The van der Waals surface area contributed by atoms with Gasteiger partial charge in [-0.05, 0) is 35.4 Å². The highest BCUT2D eigenvalue weighted by Gasteiger charge is 2.32. The molecule has 1 fully saturated rings. The molecule has 1 aliphatic rings. The van der Waals surface area contributed by atoms with E-state index in [0.717, 1.165) is 11.6 Å². The second kappa shape index (κ2) is 9.84. The number of amides is 1. The lowest BCUT2D eigenvalue weighted by Crippen LogP contribution is -2.24. The van der Waals surface area contributed by atoms with Gasteiger partial charge >= 0.3 is 13.2 Å². The zero-order valence-electron chi connectivity index (χ0n) is 17.3. The van der Waals surface area contributed by atoms with Crippen molar-refractivity contribution in [3.63, 3.8) is 0 Å². The number of hydrogen-bond acceptors (Lipinski definition) is 6. The third-order valence-corrected chi connectivity index (χ3v) is 5.06. The molecule has 0 bridgehead atoms. The lowest BCUT2D eigenvalue weighted by atomic mass is 9.98. The predicted molar refractivity (Wildman–Crippen MR) is 106 cm³/mol. The fourth-order valence-electron chi connectivity index (χ4n) is 3.61. The van der Waals surface area contributed by atoms with E-state index in [9.17, 15) is 22.4 Å². The molecule has 174 valence electrons. The number of benzene rings is 2. The Labute approximate surface area is 181 Å². The van der Waals surface area contributed by atoms with E-state index >= 15 is 0 Å². The second-order valence-corrected chi connectivity index (χ2v) is 7.05. The number of anilines is 1. The minimum absolute atomic E-state index is 0.117. The zero-order valence-corrected chi connectivity index (χ0v) is 17.3. The SMILES string of the molecule is COc1cc(CN2CC(c3ccc(OC(F)F)c(OC(F)F)c3)CC2=O)cc(OC)c1N. The molecule has 0 spiro atoms. The Kier molecular flexibility index (Phi) is 7.16. The maximum absolute atomic E-state index is 12.7. The van der Waals surface area contributed by atoms with Crippen molar-refractivity contribution in [1.29, 1.82) is 0 Å². The lowest BCUT2D eigenvalue weighted by molar-refractivity contribution is -0.128. The van der Waals surface area contributed by atoms with Crippen molar-refractivity contribution in [3.05, 3.63) is 41.5 Å². The molecule has 1 heterocycles. The van der Waals surface area contributed by atoms with Gasteiger partial charge in [0.1, 0.15) is 17.2 Å². The van der Waals surface area contributed by atoms with Crippen LogP contribution in [0.15, 0.2) is 30.3 Å². The number of nitrogen functional groups attached to an aromatic ring is 1. The summed E-state index contributed by atoms with van der Waals surface area (Å²) in [4.78, 5) is 14.2. The standard InChI is InChI=1S/C21H22F4N2O5/c1-29-16-5-11(6-17(30-2)19(16)26)9-27-10-13(8-18(27)28)12-3-4-14(31-20(22)23)15(7-12)32-21(24)25/h3-7,13,20-21H,8-10,26H2,1-2H3. The molecule has 1 amide bonds. The average molecular weight is 458 g/mol. The molecule has 3 rings (SSSR count). The third kappa shape index (κ3) is 5.27. The molecule has 0 radical (unpaired) electrons. The number of alkyl halides is 4. The first kappa shape index (κ1) is 23.3. The molecular weight excluding hydrogens is 436 g/mol. The van der Waals surface area contributed by atoms with Gasteiger partial charge in [-0.3, -0.25) is 4.79 Å². The van der Waals surface area contributed by atoms with Crippen LogP contribution in [0.2, 0.25) is 0 Å². The Morgan fingerprint density at radius 1 is 0.969 bits per heavy atom. The Bertz CT molecular complexity index is 948. The van der Waals surface area contributed by atoms with Crippen LogP contribution in [-0.4, -0.2) is 44.8 Å². The van der Waals surface area contributed by atoms with Crippen LogP contribution in [0.25, 0.3) is 0 Å². The third-order valence-electron chi connectivity index (χ3n) is 5.06. The average Bonchev–Trinajstić information content (AvgIpc) is 3.09. The molecule has 1 aliphatic heterocycles. The zero-order chi connectivity index (χ0) is 23.4. The van der Waals surface area contributed by atoms with Gasteiger partial charge in [0, 0.05) is 25.4 Å². The molecule has 1 atom stereocenters. The quantitative estimate of drug-likeness (QED) is 0.452. The van der Waals surface area contributed by atoms with Crippen molar-refractivity contribution in [3.8, 4) is 23.0 Å². The maximum atomic E-state index is 12.7. The first-order valence-corrected chi connectivity index (χ1v) is 9.53. The maximum Gasteiger partial charge on any atom is 0.387 e. The van der Waals surface area contributed by atoms with Crippen molar-refractivity contribution in [1.82, 2.24) is 4.90 Å². The van der Waals surface area contributed by atoms with Gasteiger partial charge in [-0.15, -0.1) is 0 Å². The van der Waals surface area contributed by atoms with Gasteiger partial charge in [-0.2, -0.15) is 17.6 Å². The fraction of sp³-hybridized carbons (Fsp3) is 0.381. The van der Waals surface area contributed by atoms with E-state index in [1.165, 1.54) is 26.4 Å². The number of nitrogens with zero attached hydrogens (tertiary/aromatic N) is 1. The number of ether oxygens (including phenoxy) is 4. The van der Waals surface area contributed by atoms with Gasteiger partial charge < -0.3 is 29.6 Å². The van der Waals surface area contributed by atoms with Crippen molar-refractivity contribution in [2.75, 3.05) is 26.5 Å². The highest BCUT2D eigenvalue weighted by molar-refractivity contribution is 5.80. The smallest absolute Gasteiger partial charge is 0.387 e. The first-order chi connectivity index (χ1) is 15.2. The van der Waals surface area contributed by atoms with E-state index in [4.69, 9.17) is 15.2 Å². The van der Waals surface area contributed by atoms with E-state index in [-0.39, 0.29) is 31.3 Å². The Morgan fingerprint density at radius 3 is 2.12 bits per heavy atom. The molecule has 11 heteroatoms. The molecule has 1 saturated heterocycles. The summed E-state index contributed by atoms with van der Waals surface area (Å²) in [5.74, 6) is -0.713. The molecule has 32 heavy (non-hydrogen) atoms. The molecule has 2 N–H and O–H groups in total. The fourth-order valence-corrected chi connectivity index (χ4v) is 3.61. The number of likely N-dealkylation sites (tertiary alicyclic amines) is 1. The molecule has 1 unspecified atom stereocenters. The van der Waals surface area contributed by atoms with Crippen molar-refractivity contribution < 1.29 is 41.3 Å². The van der Waals surface area contributed by atoms with Crippen LogP contribution in [-0.2, 0) is 11.3 Å². The van der Waals surface area contributed by atoms with Gasteiger partial charge in [-0.25, -0.2) is 0 Å². The minimum Gasteiger partial charge on any atom is -0.494 e. The minimum atomic E-state index is -3.22. The van der Waals surface area contributed by atoms with Crippen LogP contribution in [0, 0.1) is 0 Å². The topological polar surface area (TPSA) is 83.2 Å². The first-order valence-electron chi connectivity index (χ1n) is 9.53. The number of nitrogens with two attached hydrogens (primary N) is 1. The van der Waals surface area contributed by atoms with Gasteiger partial charge in [0.25, 0.3) is 0 Å². The summed E-state index contributed by atoms with van der Waals surface area (Å²) in [7, 11) is 2.93. The van der Waals surface area contributed by atoms with Crippen molar-refractivity contribution in [2.45, 2.75) is 32.1 Å². The van der Waals surface area contributed by atoms with E-state index in [1.54, 1.807) is 17.0 Å². The summed E-state index contributed by atoms with van der Waals surface area (Å²) >= 11 is 0. The van der Waals surface area contributed by atoms with E-state index in [0.29, 0.717) is 22.7 Å². The summed E-state index contributed by atoms with van der Waals surface area (Å²) in [5.41, 5.74) is 7.50. The second-order valence-electron chi connectivity index (χ2n) is 7.05. The molecule has 0 aliphatic carbocycles. The van der Waals surface area contributed by atoms with Gasteiger partial charge in [0.15, 0.2) is 11.5 Å². The van der Waals surface area contributed by atoms with Crippen LogP contribution < -0.4 is 24.7 Å². The molecule has 2 aromatic carbocycles. The van der Waals surface area contributed by atoms with Crippen LogP contribution in [0.3, 0.4) is 0 Å². The Morgan fingerprint density at radius 2 is 1.56 bits per heavy atom. The van der Waals surface area contributed by atoms with E-state index < -0.39 is 24.7 Å². The number of carbonyl (C=O) groups is 1. The van der Waals surface area contributed by atoms with Crippen LogP contribution in [0.1, 0.15) is 23.5 Å². The van der Waals surface area contributed by atoms with Gasteiger partial charge in [0.05, 0.1) is 14.2 Å². The van der Waals surface area contributed by atoms with Gasteiger partial charge in [0.2, 0.25) is 5.91 Å². The number of methoxy groups -OCH3 is 2. The predicted octanol–water partition coefficient (Wildman–Crippen LogP) is 4.00. The summed E-state index contributed by atoms with van der Waals surface area (Å²) in [6, 6.07) is 7.17. The Hall–Kier alpha value is -3.37. The summed E-state index contributed by atoms with van der Waals surface area (Å²) in [6.45, 7) is -5.88. The number of hydrogen-bond donors (Lipinski definition) is 1.